The number of carbonyl (C=O) groups is 1. The summed E-state index contributed by atoms with van der Waals surface area (Å²) in [6.45, 7) is 6.29. The molecule has 0 radical (unpaired) electrons. The molecule has 0 bridgehead atoms. The summed E-state index contributed by atoms with van der Waals surface area (Å²) in [5.74, 6) is -0.0365. The second-order valence-corrected chi connectivity index (χ2v) is 3.03. The van der Waals surface area contributed by atoms with Crippen LogP contribution in [-0.2, 0) is 7.05 Å². The van der Waals surface area contributed by atoms with Gasteiger partial charge in [-0.3, -0.25) is 9.48 Å². The molecule has 0 spiro atoms. The maximum atomic E-state index is 11.5. The number of amides is 1. The standard InChI is InChI=1S/C9H15N3O/c1-5-10-9(13)8-6(2)11-12(4)7(8)3/h5H2,1-4H3,(H,10,13). The Balaban J connectivity index is 3.06. The molecule has 0 saturated heterocycles. The molecule has 72 valence electrons. The van der Waals surface area contributed by atoms with Crippen molar-refractivity contribution in [1.82, 2.24) is 15.1 Å². The van der Waals surface area contributed by atoms with Gasteiger partial charge < -0.3 is 5.32 Å². The van der Waals surface area contributed by atoms with Crippen LogP contribution >= 0.6 is 0 Å². The van der Waals surface area contributed by atoms with Crippen molar-refractivity contribution in [2.24, 2.45) is 7.05 Å². The molecule has 13 heavy (non-hydrogen) atoms. The van der Waals surface area contributed by atoms with Gasteiger partial charge in [-0.25, -0.2) is 0 Å². The van der Waals surface area contributed by atoms with Gasteiger partial charge >= 0.3 is 0 Å². The topological polar surface area (TPSA) is 46.9 Å². The second kappa shape index (κ2) is 3.60. The minimum Gasteiger partial charge on any atom is -0.352 e. The van der Waals surface area contributed by atoms with Crippen LogP contribution in [0.4, 0.5) is 0 Å². The van der Waals surface area contributed by atoms with Crippen molar-refractivity contribution in [3.05, 3.63) is 17.0 Å². The quantitative estimate of drug-likeness (QED) is 0.733. The van der Waals surface area contributed by atoms with E-state index in [9.17, 15) is 4.79 Å². The van der Waals surface area contributed by atoms with Crippen LogP contribution in [0.1, 0.15) is 28.7 Å². The van der Waals surface area contributed by atoms with Gasteiger partial charge in [-0.05, 0) is 20.8 Å². The fourth-order valence-corrected chi connectivity index (χ4v) is 1.35. The van der Waals surface area contributed by atoms with E-state index >= 15 is 0 Å². The van der Waals surface area contributed by atoms with Crippen LogP contribution in [0.5, 0.6) is 0 Å². The third-order valence-corrected chi connectivity index (χ3v) is 2.07. The van der Waals surface area contributed by atoms with E-state index in [4.69, 9.17) is 0 Å². The molecular weight excluding hydrogens is 166 g/mol. The fraction of sp³-hybridized carbons (Fsp3) is 0.556. The lowest BCUT2D eigenvalue weighted by molar-refractivity contribution is 0.0954. The summed E-state index contributed by atoms with van der Waals surface area (Å²) in [5, 5.41) is 6.93. The van der Waals surface area contributed by atoms with E-state index in [1.807, 2.05) is 27.8 Å². The zero-order valence-corrected chi connectivity index (χ0v) is 8.51. The van der Waals surface area contributed by atoms with E-state index in [1.54, 1.807) is 4.68 Å². The number of hydrogen-bond donors (Lipinski definition) is 1. The molecule has 0 atom stereocenters. The number of aryl methyl sites for hydroxylation is 2. The molecular formula is C9H15N3O. The Morgan fingerprint density at radius 3 is 2.54 bits per heavy atom. The van der Waals surface area contributed by atoms with Gasteiger partial charge in [-0.15, -0.1) is 0 Å². The molecule has 0 saturated carbocycles. The van der Waals surface area contributed by atoms with Gasteiger partial charge in [-0.1, -0.05) is 0 Å². The Bertz CT molecular complexity index is 328. The van der Waals surface area contributed by atoms with E-state index in [1.165, 1.54) is 0 Å². The summed E-state index contributed by atoms with van der Waals surface area (Å²) in [6, 6.07) is 0. The Morgan fingerprint density at radius 1 is 1.54 bits per heavy atom. The minimum atomic E-state index is -0.0365. The van der Waals surface area contributed by atoms with Crippen LogP contribution < -0.4 is 5.32 Å². The molecule has 0 aromatic carbocycles. The summed E-state index contributed by atoms with van der Waals surface area (Å²) in [6.07, 6.45) is 0. The number of rotatable bonds is 2. The van der Waals surface area contributed by atoms with E-state index in [0.29, 0.717) is 12.1 Å². The van der Waals surface area contributed by atoms with E-state index < -0.39 is 0 Å². The van der Waals surface area contributed by atoms with Crippen molar-refractivity contribution in [2.75, 3.05) is 6.54 Å². The summed E-state index contributed by atoms with van der Waals surface area (Å²) in [4.78, 5) is 11.5. The molecule has 1 aromatic heterocycles. The van der Waals surface area contributed by atoms with Gasteiger partial charge in [-0.2, -0.15) is 5.10 Å². The van der Waals surface area contributed by atoms with Crippen molar-refractivity contribution in [3.63, 3.8) is 0 Å². The molecule has 0 unspecified atom stereocenters. The Hall–Kier alpha value is -1.32. The van der Waals surface area contributed by atoms with Gasteiger partial charge in [0, 0.05) is 19.3 Å². The summed E-state index contributed by atoms with van der Waals surface area (Å²) >= 11 is 0. The molecule has 0 aliphatic rings. The predicted molar refractivity (Wildman–Crippen MR) is 50.7 cm³/mol. The lowest BCUT2D eigenvalue weighted by Gasteiger charge is -2.01. The third kappa shape index (κ3) is 1.71. The lowest BCUT2D eigenvalue weighted by Crippen LogP contribution is -2.23. The van der Waals surface area contributed by atoms with E-state index in [0.717, 1.165) is 11.4 Å². The van der Waals surface area contributed by atoms with Crippen molar-refractivity contribution in [1.29, 1.82) is 0 Å². The van der Waals surface area contributed by atoms with Crippen LogP contribution in [0.2, 0.25) is 0 Å². The predicted octanol–water partition coefficient (Wildman–Crippen LogP) is 0.787. The van der Waals surface area contributed by atoms with Crippen molar-refractivity contribution in [3.8, 4) is 0 Å². The Labute approximate surface area is 77.9 Å². The summed E-state index contributed by atoms with van der Waals surface area (Å²) in [5.41, 5.74) is 2.39. The number of nitrogens with one attached hydrogen (secondary N) is 1. The van der Waals surface area contributed by atoms with Gasteiger partial charge in [0.05, 0.1) is 11.3 Å². The van der Waals surface area contributed by atoms with Gasteiger partial charge in [0.15, 0.2) is 0 Å². The highest BCUT2D eigenvalue weighted by Gasteiger charge is 2.15. The van der Waals surface area contributed by atoms with Gasteiger partial charge in [0.2, 0.25) is 0 Å². The van der Waals surface area contributed by atoms with Crippen LogP contribution in [0.25, 0.3) is 0 Å². The monoisotopic (exact) mass is 181 g/mol. The third-order valence-electron chi connectivity index (χ3n) is 2.07. The number of aromatic nitrogens is 2. The molecule has 1 rings (SSSR count). The van der Waals surface area contributed by atoms with Crippen LogP contribution in [0.15, 0.2) is 0 Å². The molecule has 1 aromatic rings. The first-order valence-corrected chi connectivity index (χ1v) is 4.36. The SMILES string of the molecule is CCNC(=O)c1c(C)nn(C)c1C. The second-order valence-electron chi connectivity index (χ2n) is 3.03. The molecule has 1 N–H and O–H groups in total. The van der Waals surface area contributed by atoms with Crippen LogP contribution in [0, 0.1) is 13.8 Å². The lowest BCUT2D eigenvalue weighted by atomic mass is 10.2. The number of nitrogens with zero attached hydrogens (tertiary/aromatic N) is 2. The average molecular weight is 181 g/mol. The zero-order valence-electron chi connectivity index (χ0n) is 8.51. The summed E-state index contributed by atoms with van der Waals surface area (Å²) < 4.78 is 1.72. The van der Waals surface area contributed by atoms with Crippen LogP contribution in [-0.4, -0.2) is 22.2 Å². The smallest absolute Gasteiger partial charge is 0.255 e. The van der Waals surface area contributed by atoms with Crippen molar-refractivity contribution >= 4 is 5.91 Å². The molecule has 1 amide bonds. The Morgan fingerprint density at radius 2 is 2.15 bits per heavy atom. The highest BCUT2D eigenvalue weighted by molar-refractivity contribution is 5.96. The average Bonchev–Trinajstić information content (AvgIpc) is 2.27. The molecule has 0 fully saturated rings. The van der Waals surface area contributed by atoms with Crippen molar-refractivity contribution in [2.45, 2.75) is 20.8 Å². The highest BCUT2D eigenvalue weighted by Crippen LogP contribution is 2.10. The highest BCUT2D eigenvalue weighted by atomic mass is 16.1. The normalized spacial score (nSPS) is 10.2. The maximum absolute atomic E-state index is 11.5. The number of hydrogen-bond acceptors (Lipinski definition) is 2. The van der Waals surface area contributed by atoms with Gasteiger partial charge in [0.1, 0.15) is 0 Å². The van der Waals surface area contributed by atoms with E-state index in [2.05, 4.69) is 10.4 Å². The first-order valence-electron chi connectivity index (χ1n) is 4.36. The van der Waals surface area contributed by atoms with E-state index in [-0.39, 0.29) is 5.91 Å². The maximum Gasteiger partial charge on any atom is 0.255 e. The first-order chi connectivity index (χ1) is 6.07. The fourth-order valence-electron chi connectivity index (χ4n) is 1.35. The molecule has 0 aliphatic heterocycles. The largest absolute Gasteiger partial charge is 0.352 e. The minimum absolute atomic E-state index is 0.0365. The van der Waals surface area contributed by atoms with Crippen molar-refractivity contribution < 1.29 is 4.79 Å². The van der Waals surface area contributed by atoms with Crippen LogP contribution in [0.3, 0.4) is 0 Å². The molecule has 1 heterocycles. The first kappa shape index (κ1) is 9.77. The number of carbonyl (C=O) groups excluding carboxylic acids is 1. The zero-order chi connectivity index (χ0) is 10.0. The molecule has 4 heteroatoms. The molecule has 0 aliphatic carbocycles. The Kier molecular flexibility index (Phi) is 2.70. The van der Waals surface area contributed by atoms with Gasteiger partial charge in [0.25, 0.3) is 5.91 Å². The molecule has 4 nitrogen and oxygen atoms in total. The summed E-state index contributed by atoms with van der Waals surface area (Å²) in [7, 11) is 1.84.